The molecule has 4 heterocycles. The number of benzene rings is 1. The van der Waals surface area contributed by atoms with Gasteiger partial charge in [-0.15, -0.1) is 20.4 Å². The second-order valence-electron chi connectivity index (χ2n) is 9.32. The van der Waals surface area contributed by atoms with E-state index < -0.39 is 30.0 Å². The highest BCUT2D eigenvalue weighted by molar-refractivity contribution is 7.12. The van der Waals surface area contributed by atoms with Crippen molar-refractivity contribution in [3.05, 3.63) is 35.0 Å². The minimum atomic E-state index is -4.74. The average molecular weight is 577 g/mol. The molecule has 1 aliphatic heterocycles. The zero-order valence-corrected chi connectivity index (χ0v) is 22.6. The molecule has 0 bridgehead atoms. The SMILES string of the molecule is COC(=O)[C@](C)(CC(F)(F)F)NC(=O)c1cc(-c2nncs2)c2n1CCc1cc(OC)c(-c3nnn(C)n3)cc1-2. The average Bonchev–Trinajstić information content (AvgIpc) is 3.65. The monoisotopic (exact) mass is 576 g/mol. The van der Waals surface area contributed by atoms with Crippen molar-refractivity contribution in [1.82, 2.24) is 40.3 Å². The molecule has 1 aliphatic rings. The molecular weight excluding hydrogens is 553 g/mol. The van der Waals surface area contributed by atoms with E-state index in [0.717, 1.165) is 25.2 Å². The van der Waals surface area contributed by atoms with E-state index in [1.54, 1.807) is 11.6 Å². The zero-order chi connectivity index (χ0) is 28.8. The van der Waals surface area contributed by atoms with Crippen LogP contribution in [0.15, 0.2) is 23.7 Å². The standard InChI is InChI=1S/C24H23F3N8O4S/c1-23(22(37)39-4,10-24(25,26)27)29-20(36)16-9-15(21-31-28-11-40-21)18-13-8-14(19-30-33-34(2)32-19)17(38-3)7-12(13)5-6-35(16)18/h7-9,11H,5-6,10H2,1-4H3,(H,29,36)/t23-/m0/s1. The molecule has 0 aliphatic carbocycles. The van der Waals surface area contributed by atoms with Gasteiger partial charge in [0.05, 0.1) is 38.9 Å². The lowest BCUT2D eigenvalue weighted by Gasteiger charge is -2.29. The summed E-state index contributed by atoms with van der Waals surface area (Å²) in [6.45, 7) is 1.31. The lowest BCUT2D eigenvalue weighted by Crippen LogP contribution is -2.55. The highest BCUT2D eigenvalue weighted by Crippen LogP contribution is 2.44. The Morgan fingerprint density at radius 2 is 1.90 bits per heavy atom. The Kier molecular flexibility index (Phi) is 6.81. The molecular formula is C24H23F3N8O4S. The van der Waals surface area contributed by atoms with E-state index in [0.29, 0.717) is 46.4 Å². The molecule has 1 aromatic carbocycles. The van der Waals surface area contributed by atoms with E-state index >= 15 is 0 Å². The van der Waals surface area contributed by atoms with E-state index in [1.165, 1.54) is 34.8 Å². The number of aromatic nitrogens is 7. The van der Waals surface area contributed by atoms with Gasteiger partial charge >= 0.3 is 12.1 Å². The predicted molar refractivity (Wildman–Crippen MR) is 135 cm³/mol. The van der Waals surface area contributed by atoms with Crippen LogP contribution in [0.3, 0.4) is 0 Å². The molecule has 16 heteroatoms. The van der Waals surface area contributed by atoms with Crippen LogP contribution in [0.2, 0.25) is 0 Å². The van der Waals surface area contributed by atoms with E-state index in [-0.39, 0.29) is 5.69 Å². The maximum absolute atomic E-state index is 13.5. The molecule has 5 rings (SSSR count). The highest BCUT2D eigenvalue weighted by atomic mass is 32.1. The van der Waals surface area contributed by atoms with Crippen molar-refractivity contribution < 1.29 is 32.2 Å². The number of hydrogen-bond acceptors (Lipinski definition) is 10. The van der Waals surface area contributed by atoms with Crippen LogP contribution in [0.1, 0.15) is 29.4 Å². The van der Waals surface area contributed by atoms with Gasteiger partial charge in [-0.2, -0.15) is 18.0 Å². The van der Waals surface area contributed by atoms with Gasteiger partial charge in [-0.1, -0.05) is 11.3 Å². The van der Waals surface area contributed by atoms with Crippen molar-refractivity contribution >= 4 is 23.2 Å². The number of carbonyl (C=O) groups is 2. The van der Waals surface area contributed by atoms with Gasteiger partial charge in [0, 0.05) is 17.7 Å². The van der Waals surface area contributed by atoms with Crippen LogP contribution in [0.4, 0.5) is 13.2 Å². The molecule has 0 radical (unpaired) electrons. The van der Waals surface area contributed by atoms with Gasteiger partial charge in [-0.05, 0) is 42.3 Å². The number of rotatable bonds is 7. The van der Waals surface area contributed by atoms with Gasteiger partial charge in [0.25, 0.3) is 5.91 Å². The first-order valence-corrected chi connectivity index (χ1v) is 12.8. The van der Waals surface area contributed by atoms with Crippen LogP contribution in [0.25, 0.3) is 33.2 Å². The van der Waals surface area contributed by atoms with E-state index in [1.807, 2.05) is 12.1 Å². The second-order valence-corrected chi connectivity index (χ2v) is 10.2. The molecule has 12 nitrogen and oxygen atoms in total. The molecule has 4 aromatic rings. The first kappa shape index (κ1) is 27.2. The number of halogens is 3. The van der Waals surface area contributed by atoms with Crippen molar-refractivity contribution in [3.8, 4) is 39.0 Å². The zero-order valence-electron chi connectivity index (χ0n) is 21.7. The lowest BCUT2D eigenvalue weighted by molar-refractivity contribution is -0.169. The number of carbonyl (C=O) groups excluding carboxylic acids is 2. The number of esters is 1. The molecule has 0 unspecified atom stereocenters. The number of nitrogens with one attached hydrogen (secondary N) is 1. The smallest absolute Gasteiger partial charge is 0.391 e. The van der Waals surface area contributed by atoms with Gasteiger partial charge in [-0.3, -0.25) is 4.79 Å². The summed E-state index contributed by atoms with van der Waals surface area (Å²) < 4.78 is 52.0. The Balaban J connectivity index is 1.66. The number of fused-ring (bicyclic) bond motifs is 3. The van der Waals surface area contributed by atoms with Crippen molar-refractivity contribution in [2.45, 2.75) is 38.0 Å². The third-order valence-corrected chi connectivity index (χ3v) is 7.26. The summed E-state index contributed by atoms with van der Waals surface area (Å²) in [5.74, 6) is -1.24. The Morgan fingerprint density at radius 3 is 2.50 bits per heavy atom. The summed E-state index contributed by atoms with van der Waals surface area (Å²) in [7, 11) is 4.12. The third kappa shape index (κ3) is 4.89. The highest BCUT2D eigenvalue weighted by Gasteiger charge is 2.47. The molecule has 3 aromatic heterocycles. The van der Waals surface area contributed by atoms with Crippen LogP contribution in [0, 0.1) is 0 Å². The van der Waals surface area contributed by atoms with Crippen LogP contribution in [0.5, 0.6) is 5.75 Å². The van der Waals surface area contributed by atoms with Crippen molar-refractivity contribution in [3.63, 3.8) is 0 Å². The molecule has 1 amide bonds. The Hall–Kier alpha value is -4.34. The minimum absolute atomic E-state index is 0.0538. The van der Waals surface area contributed by atoms with E-state index in [2.05, 4.69) is 35.7 Å². The summed E-state index contributed by atoms with van der Waals surface area (Å²) in [6, 6.07) is 5.22. The van der Waals surface area contributed by atoms with Crippen LogP contribution in [-0.2, 0) is 29.5 Å². The number of hydrogen-bond donors (Lipinski definition) is 1. The fourth-order valence-electron chi connectivity index (χ4n) is 4.84. The van der Waals surface area contributed by atoms with Crippen molar-refractivity contribution in [2.24, 2.45) is 7.05 Å². The van der Waals surface area contributed by atoms with Gasteiger partial charge in [0.2, 0.25) is 5.82 Å². The van der Waals surface area contributed by atoms with E-state index in [4.69, 9.17) is 4.74 Å². The van der Waals surface area contributed by atoms with Crippen molar-refractivity contribution in [1.29, 1.82) is 0 Å². The maximum atomic E-state index is 13.5. The number of amides is 1. The second kappa shape index (κ2) is 10.0. The number of ether oxygens (including phenoxy) is 2. The molecule has 210 valence electrons. The van der Waals surface area contributed by atoms with Gasteiger partial charge < -0.3 is 19.4 Å². The lowest BCUT2D eigenvalue weighted by atomic mass is 9.93. The summed E-state index contributed by atoms with van der Waals surface area (Å²) in [5.41, 5.74) is 2.58. The molecule has 0 fully saturated rings. The third-order valence-electron chi connectivity index (χ3n) is 6.53. The number of aryl methyl sites for hydroxylation is 2. The first-order chi connectivity index (χ1) is 18.9. The largest absolute Gasteiger partial charge is 0.496 e. The van der Waals surface area contributed by atoms with Crippen molar-refractivity contribution in [2.75, 3.05) is 14.2 Å². The maximum Gasteiger partial charge on any atom is 0.391 e. The number of methoxy groups -OCH3 is 2. The molecule has 0 saturated carbocycles. The van der Waals surface area contributed by atoms with Gasteiger partial charge in [-0.25, -0.2) is 4.79 Å². The van der Waals surface area contributed by atoms with Gasteiger partial charge in [0.1, 0.15) is 27.5 Å². The van der Waals surface area contributed by atoms with E-state index in [9.17, 15) is 22.8 Å². The molecule has 1 N–H and O–H groups in total. The molecule has 0 saturated heterocycles. The Morgan fingerprint density at radius 1 is 1.12 bits per heavy atom. The molecule has 1 atom stereocenters. The normalized spacial score (nSPS) is 14.2. The predicted octanol–water partition coefficient (Wildman–Crippen LogP) is 3.04. The summed E-state index contributed by atoms with van der Waals surface area (Å²) in [6.07, 6.45) is -5.87. The number of nitrogens with zero attached hydrogens (tertiary/aromatic N) is 7. The van der Waals surface area contributed by atoms with Crippen LogP contribution >= 0.6 is 11.3 Å². The fraction of sp³-hybridized carbons (Fsp3) is 0.375. The summed E-state index contributed by atoms with van der Waals surface area (Å²) in [5, 5.41) is 23.1. The Labute approximate surface area is 229 Å². The molecule has 40 heavy (non-hydrogen) atoms. The fourth-order valence-corrected chi connectivity index (χ4v) is 5.41. The number of tetrazole rings is 1. The van der Waals surface area contributed by atoms with Crippen LogP contribution in [-0.4, -0.2) is 72.8 Å². The van der Waals surface area contributed by atoms with Crippen LogP contribution < -0.4 is 10.1 Å². The summed E-state index contributed by atoms with van der Waals surface area (Å²) in [4.78, 5) is 27.2. The number of alkyl halides is 3. The first-order valence-electron chi connectivity index (χ1n) is 11.9. The summed E-state index contributed by atoms with van der Waals surface area (Å²) >= 11 is 1.24. The topological polar surface area (TPSA) is 139 Å². The molecule has 0 spiro atoms. The van der Waals surface area contributed by atoms with Gasteiger partial charge in [0.15, 0.2) is 0 Å². The minimum Gasteiger partial charge on any atom is -0.496 e. The quantitative estimate of drug-likeness (QED) is 0.329. The Bertz CT molecular complexity index is 1600.